The van der Waals surface area contributed by atoms with Crippen molar-refractivity contribution in [1.82, 2.24) is 10.2 Å². The van der Waals surface area contributed by atoms with E-state index in [4.69, 9.17) is 0 Å². The van der Waals surface area contributed by atoms with Crippen LogP contribution in [0.4, 0.5) is 4.79 Å². The van der Waals surface area contributed by atoms with Gasteiger partial charge in [-0.3, -0.25) is 0 Å². The van der Waals surface area contributed by atoms with E-state index in [2.05, 4.69) is 19.2 Å². The molecule has 0 radical (unpaired) electrons. The second kappa shape index (κ2) is 5.23. The molecule has 1 saturated heterocycles. The van der Waals surface area contributed by atoms with Crippen molar-refractivity contribution in [1.29, 1.82) is 0 Å². The summed E-state index contributed by atoms with van der Waals surface area (Å²) < 4.78 is 0.190. The van der Waals surface area contributed by atoms with Gasteiger partial charge in [0.2, 0.25) is 0 Å². The maximum Gasteiger partial charge on any atom is 0.329 e. The van der Waals surface area contributed by atoms with Gasteiger partial charge in [-0.1, -0.05) is 13.8 Å². The molecule has 2 rings (SSSR count). The van der Waals surface area contributed by atoms with E-state index < -0.39 is 11.5 Å². The maximum absolute atomic E-state index is 12.2. The Morgan fingerprint density at radius 2 is 1.89 bits per heavy atom. The van der Waals surface area contributed by atoms with Crippen molar-refractivity contribution in [3.8, 4) is 0 Å². The van der Waals surface area contributed by atoms with Crippen LogP contribution in [0.1, 0.15) is 39.5 Å². The van der Waals surface area contributed by atoms with E-state index in [0.29, 0.717) is 25.9 Å². The van der Waals surface area contributed by atoms with Crippen molar-refractivity contribution in [2.24, 2.45) is 0 Å². The average Bonchev–Trinajstić information content (AvgIpc) is 2.44. The quantitative estimate of drug-likeness (QED) is 0.813. The van der Waals surface area contributed by atoms with Crippen LogP contribution in [0.3, 0.4) is 0 Å². The molecule has 6 heteroatoms. The highest BCUT2D eigenvalue weighted by Crippen LogP contribution is 2.33. The normalized spacial score (nSPS) is 25.1. The van der Waals surface area contributed by atoms with Crippen molar-refractivity contribution in [3.05, 3.63) is 0 Å². The lowest BCUT2D eigenvalue weighted by atomic mass is 9.77. The number of amides is 2. The first-order chi connectivity index (χ1) is 8.85. The summed E-state index contributed by atoms with van der Waals surface area (Å²) in [5, 5.41) is 12.0. The highest BCUT2D eigenvalue weighted by Gasteiger charge is 2.46. The zero-order valence-corrected chi connectivity index (χ0v) is 12.4. The van der Waals surface area contributed by atoms with Gasteiger partial charge in [0.05, 0.1) is 0 Å². The van der Waals surface area contributed by atoms with E-state index in [9.17, 15) is 14.7 Å². The number of carbonyl (C=O) groups is 2. The third-order valence-corrected chi connectivity index (χ3v) is 5.46. The molecule has 5 nitrogen and oxygen atoms in total. The Balaban J connectivity index is 1.95. The Bertz CT molecular complexity index is 380. The molecule has 2 N–H and O–H groups in total. The van der Waals surface area contributed by atoms with Gasteiger partial charge in [-0.25, -0.2) is 9.59 Å². The number of carboxylic acids is 1. The lowest BCUT2D eigenvalue weighted by Crippen LogP contribution is -2.61. The molecule has 108 valence electrons. The fourth-order valence-electron chi connectivity index (χ4n) is 2.43. The number of hydrogen-bond acceptors (Lipinski definition) is 3. The van der Waals surface area contributed by atoms with E-state index in [-0.39, 0.29) is 10.8 Å². The Morgan fingerprint density at radius 1 is 1.21 bits per heavy atom. The zero-order chi connectivity index (χ0) is 14.1. The Labute approximate surface area is 118 Å². The monoisotopic (exact) mass is 286 g/mol. The molecule has 19 heavy (non-hydrogen) atoms. The number of carbonyl (C=O) groups excluding carboxylic acids is 1. The molecular weight excluding hydrogens is 264 g/mol. The van der Waals surface area contributed by atoms with Crippen molar-refractivity contribution in [3.63, 3.8) is 0 Å². The van der Waals surface area contributed by atoms with Gasteiger partial charge in [0, 0.05) is 23.6 Å². The van der Waals surface area contributed by atoms with Gasteiger partial charge in [-0.05, 0) is 25.7 Å². The van der Waals surface area contributed by atoms with Gasteiger partial charge >= 0.3 is 12.0 Å². The summed E-state index contributed by atoms with van der Waals surface area (Å²) in [6.07, 6.45) is 2.89. The summed E-state index contributed by atoms with van der Waals surface area (Å²) in [5.74, 6) is -0.00264. The summed E-state index contributed by atoms with van der Waals surface area (Å²) in [6, 6.07) is -0.222. The summed E-state index contributed by atoms with van der Waals surface area (Å²) in [5.41, 5.74) is -1.01. The van der Waals surface area contributed by atoms with Crippen LogP contribution in [-0.2, 0) is 4.79 Å². The molecule has 0 aromatic heterocycles. The molecule has 0 spiro atoms. The van der Waals surface area contributed by atoms with E-state index in [0.717, 1.165) is 18.6 Å². The first-order valence-electron chi connectivity index (χ1n) is 6.79. The Morgan fingerprint density at radius 3 is 2.42 bits per heavy atom. The smallest absolute Gasteiger partial charge is 0.329 e. The molecule has 2 fully saturated rings. The predicted octanol–water partition coefficient (Wildman–Crippen LogP) is 1.92. The van der Waals surface area contributed by atoms with Crippen LogP contribution in [0, 0.1) is 0 Å². The number of aliphatic carboxylic acids is 1. The second-order valence-corrected chi connectivity index (χ2v) is 7.82. The number of urea groups is 1. The highest BCUT2D eigenvalue weighted by atomic mass is 32.2. The molecule has 1 heterocycles. The molecule has 1 aliphatic carbocycles. The van der Waals surface area contributed by atoms with Gasteiger partial charge in [-0.2, -0.15) is 11.8 Å². The second-order valence-electron chi connectivity index (χ2n) is 6.02. The molecule has 0 bridgehead atoms. The number of carboxylic acid groups (broad SMARTS) is 1. The fourth-order valence-corrected chi connectivity index (χ4v) is 3.53. The molecule has 0 aromatic carbocycles. The molecule has 0 unspecified atom stereocenters. The minimum atomic E-state index is -1.01. The van der Waals surface area contributed by atoms with Gasteiger partial charge < -0.3 is 15.3 Å². The molecule has 2 aliphatic rings. The molecule has 0 atom stereocenters. The number of thioether (sulfide) groups is 1. The molecular formula is C13H22N2O3S. The van der Waals surface area contributed by atoms with Crippen molar-refractivity contribution >= 4 is 23.8 Å². The van der Waals surface area contributed by atoms with Gasteiger partial charge in [0.15, 0.2) is 0 Å². The predicted molar refractivity (Wildman–Crippen MR) is 75.5 cm³/mol. The van der Waals surface area contributed by atoms with Gasteiger partial charge in [-0.15, -0.1) is 0 Å². The molecule has 2 amide bonds. The molecule has 1 saturated carbocycles. The Hall–Kier alpha value is -0.910. The van der Waals surface area contributed by atoms with Crippen LogP contribution < -0.4 is 5.32 Å². The number of nitrogens with one attached hydrogen (secondary N) is 1. The topological polar surface area (TPSA) is 69.6 Å². The third kappa shape index (κ3) is 3.16. The van der Waals surface area contributed by atoms with Crippen LogP contribution in [0.2, 0.25) is 0 Å². The van der Waals surface area contributed by atoms with Crippen molar-refractivity contribution in [2.45, 2.75) is 49.8 Å². The summed E-state index contributed by atoms with van der Waals surface area (Å²) in [7, 11) is 0. The minimum absolute atomic E-state index is 0.190. The summed E-state index contributed by atoms with van der Waals surface area (Å²) in [4.78, 5) is 25.2. The van der Waals surface area contributed by atoms with Crippen LogP contribution in [0.15, 0.2) is 0 Å². The molecule has 1 aliphatic heterocycles. The number of nitrogens with zero attached hydrogens (tertiary/aromatic N) is 1. The lowest BCUT2D eigenvalue weighted by Gasteiger charge is -2.39. The lowest BCUT2D eigenvalue weighted by molar-refractivity contribution is -0.148. The van der Waals surface area contributed by atoms with Crippen LogP contribution in [0.25, 0.3) is 0 Å². The van der Waals surface area contributed by atoms with Gasteiger partial charge in [0.1, 0.15) is 5.54 Å². The summed E-state index contributed by atoms with van der Waals surface area (Å²) in [6.45, 7) is 5.75. The van der Waals surface area contributed by atoms with Crippen molar-refractivity contribution < 1.29 is 14.7 Å². The first kappa shape index (κ1) is 14.5. The standard InChI is InChI=1S/C13H22N2O3S/c1-12(2)6-7-15(8-9-19-12)11(18)14-13(10(16)17)4-3-5-13/h3-9H2,1-2H3,(H,14,18)(H,16,17). The van der Waals surface area contributed by atoms with E-state index >= 15 is 0 Å². The first-order valence-corrected chi connectivity index (χ1v) is 7.78. The largest absolute Gasteiger partial charge is 0.480 e. The number of hydrogen-bond donors (Lipinski definition) is 2. The minimum Gasteiger partial charge on any atom is -0.480 e. The van der Waals surface area contributed by atoms with Gasteiger partial charge in [0.25, 0.3) is 0 Å². The molecule has 0 aromatic rings. The third-order valence-electron chi connectivity index (χ3n) is 4.09. The van der Waals surface area contributed by atoms with Crippen LogP contribution >= 0.6 is 11.8 Å². The summed E-state index contributed by atoms with van der Waals surface area (Å²) >= 11 is 1.87. The number of rotatable bonds is 2. The average molecular weight is 286 g/mol. The fraction of sp³-hybridized carbons (Fsp3) is 0.846. The zero-order valence-electron chi connectivity index (χ0n) is 11.6. The maximum atomic E-state index is 12.2. The van der Waals surface area contributed by atoms with E-state index in [1.54, 1.807) is 4.90 Å². The highest BCUT2D eigenvalue weighted by molar-refractivity contribution is 8.00. The van der Waals surface area contributed by atoms with Crippen molar-refractivity contribution in [2.75, 3.05) is 18.8 Å². The van der Waals surface area contributed by atoms with E-state index in [1.165, 1.54) is 0 Å². The SMILES string of the molecule is CC1(C)CCN(C(=O)NC2(C(=O)O)CCC2)CCS1. The van der Waals surface area contributed by atoms with Crippen LogP contribution in [0.5, 0.6) is 0 Å². The van der Waals surface area contributed by atoms with Crippen LogP contribution in [-0.4, -0.2) is 51.1 Å². The van der Waals surface area contributed by atoms with E-state index in [1.807, 2.05) is 11.8 Å². The Kier molecular flexibility index (Phi) is 3.99.